The van der Waals surface area contributed by atoms with Crippen LogP contribution in [0.25, 0.3) is 0 Å². The maximum absolute atomic E-state index is 11.4. The highest BCUT2D eigenvalue weighted by molar-refractivity contribution is 14.1. The SMILES string of the molecule is O=C(O)N(CCOc1ccc(I)cc1)C[C@@H](O)c1cccc(Cl)c1. The second-order valence-corrected chi connectivity index (χ2v) is 6.78. The predicted molar refractivity (Wildman–Crippen MR) is 101 cm³/mol. The Hall–Kier alpha value is -1.51. The second kappa shape index (κ2) is 9.10. The van der Waals surface area contributed by atoms with Crippen LogP contribution in [0.4, 0.5) is 4.79 Å². The summed E-state index contributed by atoms with van der Waals surface area (Å²) in [5.74, 6) is 0.677. The van der Waals surface area contributed by atoms with Gasteiger partial charge < -0.3 is 19.8 Å². The minimum atomic E-state index is -1.11. The van der Waals surface area contributed by atoms with E-state index in [1.807, 2.05) is 24.3 Å². The average molecular weight is 462 g/mol. The third-order valence-corrected chi connectivity index (χ3v) is 4.30. The molecule has 5 nitrogen and oxygen atoms in total. The lowest BCUT2D eigenvalue weighted by Gasteiger charge is -2.22. The molecule has 0 bridgehead atoms. The van der Waals surface area contributed by atoms with Crippen molar-refractivity contribution in [1.29, 1.82) is 0 Å². The molecule has 0 radical (unpaired) electrons. The highest BCUT2D eigenvalue weighted by atomic mass is 127. The predicted octanol–water partition coefficient (Wildman–Crippen LogP) is 4.04. The van der Waals surface area contributed by atoms with Crippen LogP contribution in [0.5, 0.6) is 5.75 Å². The van der Waals surface area contributed by atoms with Gasteiger partial charge in [-0.25, -0.2) is 4.79 Å². The fourth-order valence-corrected chi connectivity index (χ4v) is 2.66. The van der Waals surface area contributed by atoms with Crippen LogP contribution in [0.15, 0.2) is 48.5 Å². The van der Waals surface area contributed by atoms with Crippen molar-refractivity contribution in [1.82, 2.24) is 4.90 Å². The molecule has 0 aliphatic carbocycles. The number of aliphatic hydroxyl groups is 1. The quantitative estimate of drug-likeness (QED) is 0.611. The summed E-state index contributed by atoms with van der Waals surface area (Å²) in [5, 5.41) is 20.0. The number of rotatable bonds is 7. The lowest BCUT2D eigenvalue weighted by Crippen LogP contribution is -2.36. The molecule has 0 aliphatic heterocycles. The van der Waals surface area contributed by atoms with Crippen LogP contribution < -0.4 is 4.74 Å². The number of nitrogens with zero attached hydrogens (tertiary/aromatic N) is 1. The number of carbonyl (C=O) groups is 1. The number of hydrogen-bond donors (Lipinski definition) is 2. The van der Waals surface area contributed by atoms with Crippen molar-refractivity contribution in [3.05, 3.63) is 62.7 Å². The van der Waals surface area contributed by atoms with E-state index in [9.17, 15) is 15.0 Å². The van der Waals surface area contributed by atoms with Crippen molar-refractivity contribution in [3.63, 3.8) is 0 Å². The van der Waals surface area contributed by atoms with E-state index in [0.29, 0.717) is 16.3 Å². The summed E-state index contributed by atoms with van der Waals surface area (Å²) < 4.78 is 6.63. The monoisotopic (exact) mass is 461 g/mol. The number of halogens is 2. The molecule has 2 aromatic carbocycles. The number of aliphatic hydroxyl groups excluding tert-OH is 1. The summed E-state index contributed by atoms with van der Waals surface area (Å²) in [5.41, 5.74) is 0.576. The van der Waals surface area contributed by atoms with Gasteiger partial charge in [0.25, 0.3) is 0 Å². The normalized spacial score (nSPS) is 11.8. The smallest absolute Gasteiger partial charge is 0.407 e. The standard InChI is InChI=1S/C17H17ClINO4/c18-13-3-1-2-12(10-13)16(21)11-20(17(22)23)8-9-24-15-6-4-14(19)5-7-15/h1-7,10,16,21H,8-9,11H2,(H,22,23)/t16-/m1/s1. The number of hydrogen-bond acceptors (Lipinski definition) is 3. The molecule has 0 aromatic heterocycles. The zero-order valence-electron chi connectivity index (χ0n) is 12.7. The van der Waals surface area contributed by atoms with Gasteiger partial charge in [-0.3, -0.25) is 0 Å². The van der Waals surface area contributed by atoms with E-state index in [1.165, 1.54) is 0 Å². The molecule has 0 saturated heterocycles. The highest BCUT2D eigenvalue weighted by Crippen LogP contribution is 2.19. The van der Waals surface area contributed by atoms with E-state index in [2.05, 4.69) is 22.6 Å². The first kappa shape index (κ1) is 18.8. The number of amides is 1. The van der Waals surface area contributed by atoms with Gasteiger partial charge in [0.2, 0.25) is 0 Å². The van der Waals surface area contributed by atoms with Crippen LogP contribution in [0.2, 0.25) is 5.02 Å². The first-order valence-electron chi connectivity index (χ1n) is 7.25. The second-order valence-electron chi connectivity index (χ2n) is 5.10. The Balaban J connectivity index is 1.89. The minimum Gasteiger partial charge on any atom is -0.492 e. The van der Waals surface area contributed by atoms with Crippen LogP contribution in [0, 0.1) is 3.57 Å². The molecule has 1 amide bonds. The van der Waals surface area contributed by atoms with E-state index in [4.69, 9.17) is 16.3 Å². The molecule has 0 fully saturated rings. The van der Waals surface area contributed by atoms with Crippen molar-refractivity contribution in [2.45, 2.75) is 6.10 Å². The molecule has 24 heavy (non-hydrogen) atoms. The molecule has 1 atom stereocenters. The molecule has 0 aliphatic rings. The van der Waals surface area contributed by atoms with E-state index < -0.39 is 12.2 Å². The fourth-order valence-electron chi connectivity index (χ4n) is 2.10. The molecule has 2 rings (SSSR count). The largest absolute Gasteiger partial charge is 0.492 e. The van der Waals surface area contributed by atoms with Gasteiger partial charge in [0, 0.05) is 8.59 Å². The third kappa shape index (κ3) is 5.85. The van der Waals surface area contributed by atoms with E-state index >= 15 is 0 Å². The zero-order chi connectivity index (χ0) is 17.5. The molecular weight excluding hydrogens is 445 g/mol. The number of benzene rings is 2. The van der Waals surface area contributed by atoms with E-state index in [0.717, 1.165) is 8.47 Å². The van der Waals surface area contributed by atoms with Crippen molar-refractivity contribution >= 4 is 40.3 Å². The van der Waals surface area contributed by atoms with Crippen LogP contribution in [0.3, 0.4) is 0 Å². The first-order valence-corrected chi connectivity index (χ1v) is 8.71. The first-order chi connectivity index (χ1) is 11.5. The number of ether oxygens (including phenoxy) is 1. The zero-order valence-corrected chi connectivity index (χ0v) is 15.6. The van der Waals surface area contributed by atoms with Crippen LogP contribution in [-0.4, -0.2) is 40.9 Å². The highest BCUT2D eigenvalue weighted by Gasteiger charge is 2.18. The third-order valence-electron chi connectivity index (χ3n) is 3.34. The summed E-state index contributed by atoms with van der Waals surface area (Å²) >= 11 is 8.08. The molecule has 128 valence electrons. The Kier molecular flexibility index (Phi) is 7.14. The van der Waals surface area contributed by atoms with Crippen LogP contribution in [-0.2, 0) is 0 Å². The fraction of sp³-hybridized carbons (Fsp3) is 0.235. The van der Waals surface area contributed by atoms with E-state index in [-0.39, 0.29) is 19.7 Å². The average Bonchev–Trinajstić information content (AvgIpc) is 2.55. The van der Waals surface area contributed by atoms with E-state index in [1.54, 1.807) is 24.3 Å². The Labute approximate surface area is 159 Å². The van der Waals surface area contributed by atoms with Gasteiger partial charge in [0.1, 0.15) is 12.4 Å². The lowest BCUT2D eigenvalue weighted by atomic mass is 10.1. The summed E-state index contributed by atoms with van der Waals surface area (Å²) in [6.45, 7) is 0.305. The van der Waals surface area contributed by atoms with Crippen molar-refractivity contribution in [3.8, 4) is 5.75 Å². The van der Waals surface area contributed by atoms with Crippen molar-refractivity contribution in [2.24, 2.45) is 0 Å². The summed E-state index contributed by atoms with van der Waals surface area (Å²) in [6.07, 6.45) is -2.06. The Morgan fingerprint density at radius 3 is 2.58 bits per heavy atom. The van der Waals surface area contributed by atoms with Gasteiger partial charge in [-0.15, -0.1) is 0 Å². The van der Waals surface area contributed by atoms with Gasteiger partial charge >= 0.3 is 6.09 Å². The maximum Gasteiger partial charge on any atom is 0.407 e. The van der Waals surface area contributed by atoms with Gasteiger partial charge in [-0.2, -0.15) is 0 Å². The molecule has 0 unspecified atom stereocenters. The summed E-state index contributed by atoms with van der Waals surface area (Å²) in [7, 11) is 0. The number of carboxylic acid groups (broad SMARTS) is 1. The Bertz CT molecular complexity index is 681. The topological polar surface area (TPSA) is 70.0 Å². The van der Waals surface area contributed by atoms with Gasteiger partial charge in [0.15, 0.2) is 0 Å². The Morgan fingerprint density at radius 1 is 1.25 bits per heavy atom. The Morgan fingerprint density at radius 2 is 1.96 bits per heavy atom. The molecule has 0 saturated carbocycles. The van der Waals surface area contributed by atoms with Crippen molar-refractivity contribution in [2.75, 3.05) is 19.7 Å². The summed E-state index contributed by atoms with van der Waals surface area (Å²) in [4.78, 5) is 12.5. The lowest BCUT2D eigenvalue weighted by molar-refractivity contribution is 0.0894. The minimum absolute atomic E-state index is 0.0499. The molecule has 7 heteroatoms. The van der Waals surface area contributed by atoms with Crippen LogP contribution >= 0.6 is 34.2 Å². The van der Waals surface area contributed by atoms with Crippen LogP contribution in [0.1, 0.15) is 11.7 Å². The summed E-state index contributed by atoms with van der Waals surface area (Å²) in [6, 6.07) is 14.2. The van der Waals surface area contributed by atoms with Gasteiger partial charge in [-0.05, 0) is 64.6 Å². The van der Waals surface area contributed by atoms with Gasteiger partial charge in [-0.1, -0.05) is 23.7 Å². The molecule has 0 heterocycles. The van der Waals surface area contributed by atoms with Gasteiger partial charge in [0.05, 0.1) is 19.2 Å². The van der Waals surface area contributed by atoms with Crippen molar-refractivity contribution < 1.29 is 19.7 Å². The molecular formula is C17H17ClINO4. The molecule has 2 N–H and O–H groups in total. The molecule has 0 spiro atoms. The maximum atomic E-state index is 11.4. The molecule has 2 aromatic rings.